The van der Waals surface area contributed by atoms with Gasteiger partial charge in [-0.3, -0.25) is 14.5 Å². The number of anilines is 1. The second-order valence-electron chi connectivity index (χ2n) is 5.05. The minimum atomic E-state index is -0.325. The number of imide groups is 1. The molecule has 21 heavy (non-hydrogen) atoms. The minimum Gasteiger partial charge on any atom is -0.398 e. The highest BCUT2D eigenvalue weighted by molar-refractivity contribution is 9.10. The fourth-order valence-corrected chi connectivity index (χ4v) is 2.74. The first-order chi connectivity index (χ1) is 9.99. The number of benzene rings is 2. The van der Waals surface area contributed by atoms with Crippen LogP contribution in [0.2, 0.25) is 0 Å². The van der Waals surface area contributed by atoms with E-state index in [2.05, 4.69) is 15.9 Å². The van der Waals surface area contributed by atoms with Crippen molar-refractivity contribution in [1.29, 1.82) is 0 Å². The van der Waals surface area contributed by atoms with E-state index >= 15 is 0 Å². The molecule has 0 saturated carbocycles. The van der Waals surface area contributed by atoms with Gasteiger partial charge < -0.3 is 5.73 Å². The number of nitrogens with two attached hydrogens (primary N) is 1. The third kappa shape index (κ3) is 2.23. The van der Waals surface area contributed by atoms with Crippen molar-refractivity contribution in [3.63, 3.8) is 0 Å². The molecule has 0 fully saturated rings. The van der Waals surface area contributed by atoms with E-state index in [-0.39, 0.29) is 18.4 Å². The Hall–Kier alpha value is -2.14. The summed E-state index contributed by atoms with van der Waals surface area (Å²) in [4.78, 5) is 26.0. The van der Waals surface area contributed by atoms with Crippen LogP contribution >= 0.6 is 15.9 Å². The average molecular weight is 345 g/mol. The molecule has 0 bridgehead atoms. The molecule has 0 aromatic heterocycles. The van der Waals surface area contributed by atoms with E-state index in [0.29, 0.717) is 16.8 Å². The Morgan fingerprint density at radius 2 is 1.90 bits per heavy atom. The molecule has 0 saturated heterocycles. The molecule has 0 radical (unpaired) electrons. The Bertz CT molecular complexity index is 771. The van der Waals surface area contributed by atoms with Gasteiger partial charge in [-0.25, -0.2) is 0 Å². The van der Waals surface area contributed by atoms with Gasteiger partial charge in [0.05, 0.1) is 17.7 Å². The lowest BCUT2D eigenvalue weighted by atomic mass is 10.1. The monoisotopic (exact) mass is 344 g/mol. The van der Waals surface area contributed by atoms with Gasteiger partial charge in [0.1, 0.15) is 0 Å². The summed E-state index contributed by atoms with van der Waals surface area (Å²) in [6.07, 6.45) is 0. The van der Waals surface area contributed by atoms with Gasteiger partial charge in [0, 0.05) is 10.2 Å². The van der Waals surface area contributed by atoms with Crippen LogP contribution in [-0.2, 0) is 6.54 Å². The number of halogens is 1. The number of amides is 2. The van der Waals surface area contributed by atoms with Crippen molar-refractivity contribution in [1.82, 2.24) is 4.90 Å². The second-order valence-corrected chi connectivity index (χ2v) is 5.90. The lowest BCUT2D eigenvalue weighted by Gasteiger charge is -2.14. The van der Waals surface area contributed by atoms with Crippen LogP contribution in [0.3, 0.4) is 0 Å². The van der Waals surface area contributed by atoms with E-state index in [1.165, 1.54) is 4.90 Å². The van der Waals surface area contributed by atoms with Crippen molar-refractivity contribution < 1.29 is 9.59 Å². The first kappa shape index (κ1) is 13.8. The fraction of sp³-hybridized carbons (Fsp3) is 0.125. The third-order valence-electron chi connectivity index (χ3n) is 3.59. The molecule has 4 nitrogen and oxygen atoms in total. The molecule has 1 heterocycles. The van der Waals surface area contributed by atoms with Gasteiger partial charge in [0.15, 0.2) is 0 Å². The number of nitrogens with zero attached hydrogens (tertiary/aromatic N) is 1. The summed E-state index contributed by atoms with van der Waals surface area (Å²) >= 11 is 3.43. The standard InChI is InChI=1S/C16H13BrN2O2/c1-9-7-10(5-6-12(9)17)8-19-15(20)11-3-2-4-13(18)14(11)16(19)21/h2-7H,8,18H2,1H3. The smallest absolute Gasteiger partial charge is 0.263 e. The first-order valence-corrected chi connectivity index (χ1v) is 7.28. The number of carbonyl (C=O) groups is 2. The van der Waals surface area contributed by atoms with Gasteiger partial charge in [0.25, 0.3) is 11.8 Å². The van der Waals surface area contributed by atoms with Gasteiger partial charge in [-0.1, -0.05) is 34.1 Å². The van der Waals surface area contributed by atoms with Crippen molar-refractivity contribution >= 4 is 33.4 Å². The quantitative estimate of drug-likeness (QED) is 0.672. The maximum Gasteiger partial charge on any atom is 0.263 e. The first-order valence-electron chi connectivity index (χ1n) is 6.48. The van der Waals surface area contributed by atoms with Crippen LogP contribution in [0.15, 0.2) is 40.9 Å². The highest BCUT2D eigenvalue weighted by Gasteiger charge is 2.36. The SMILES string of the molecule is Cc1cc(CN2C(=O)c3cccc(N)c3C2=O)ccc1Br. The number of rotatable bonds is 2. The highest BCUT2D eigenvalue weighted by Crippen LogP contribution is 2.29. The number of aryl methyl sites for hydroxylation is 1. The van der Waals surface area contributed by atoms with E-state index < -0.39 is 0 Å². The van der Waals surface area contributed by atoms with E-state index in [1.807, 2.05) is 25.1 Å². The molecule has 0 spiro atoms. The molecule has 106 valence electrons. The highest BCUT2D eigenvalue weighted by atomic mass is 79.9. The fourth-order valence-electron chi connectivity index (χ4n) is 2.49. The molecule has 1 aliphatic heterocycles. The van der Waals surface area contributed by atoms with Crippen LogP contribution < -0.4 is 5.73 Å². The molecule has 2 aromatic rings. The maximum absolute atomic E-state index is 12.4. The second kappa shape index (κ2) is 5.00. The lowest BCUT2D eigenvalue weighted by Crippen LogP contribution is -2.29. The van der Waals surface area contributed by atoms with Crippen molar-refractivity contribution in [3.05, 3.63) is 63.1 Å². The van der Waals surface area contributed by atoms with Crippen LogP contribution in [0.4, 0.5) is 5.69 Å². The summed E-state index contributed by atoms with van der Waals surface area (Å²) in [6.45, 7) is 2.22. The van der Waals surface area contributed by atoms with Crippen LogP contribution in [0, 0.1) is 6.92 Å². The molecule has 2 aromatic carbocycles. The number of fused-ring (bicyclic) bond motifs is 1. The summed E-state index contributed by atoms with van der Waals surface area (Å²) in [5.41, 5.74) is 8.83. The van der Waals surface area contributed by atoms with Crippen molar-refractivity contribution in [2.75, 3.05) is 5.73 Å². The van der Waals surface area contributed by atoms with Gasteiger partial charge in [-0.05, 0) is 36.2 Å². The van der Waals surface area contributed by atoms with Gasteiger partial charge in [-0.2, -0.15) is 0 Å². The predicted molar refractivity (Wildman–Crippen MR) is 83.9 cm³/mol. The largest absolute Gasteiger partial charge is 0.398 e. The molecule has 5 heteroatoms. The molecule has 0 unspecified atom stereocenters. The zero-order valence-corrected chi connectivity index (χ0v) is 13.0. The Morgan fingerprint density at radius 3 is 2.57 bits per heavy atom. The molecule has 0 atom stereocenters. The van der Waals surface area contributed by atoms with Crippen LogP contribution in [-0.4, -0.2) is 16.7 Å². The Labute approximate surface area is 130 Å². The summed E-state index contributed by atoms with van der Waals surface area (Å²) in [7, 11) is 0. The Morgan fingerprint density at radius 1 is 1.14 bits per heavy atom. The third-order valence-corrected chi connectivity index (χ3v) is 4.48. The Kier molecular flexibility index (Phi) is 3.29. The predicted octanol–water partition coefficient (Wildman–Crippen LogP) is 3.14. The summed E-state index contributed by atoms with van der Waals surface area (Å²) in [6, 6.07) is 10.7. The van der Waals surface area contributed by atoms with Crippen LogP contribution in [0.25, 0.3) is 0 Å². The molecule has 1 aliphatic rings. The number of hydrogen-bond acceptors (Lipinski definition) is 3. The zero-order chi connectivity index (χ0) is 15.1. The van der Waals surface area contributed by atoms with Gasteiger partial charge in [0.2, 0.25) is 0 Å². The number of hydrogen-bond donors (Lipinski definition) is 1. The van der Waals surface area contributed by atoms with Crippen molar-refractivity contribution in [3.8, 4) is 0 Å². The number of nitrogen functional groups attached to an aromatic ring is 1. The lowest BCUT2D eigenvalue weighted by molar-refractivity contribution is 0.0642. The van der Waals surface area contributed by atoms with Crippen LogP contribution in [0.1, 0.15) is 31.8 Å². The van der Waals surface area contributed by atoms with Crippen LogP contribution in [0.5, 0.6) is 0 Å². The summed E-state index contributed by atoms with van der Waals surface area (Å²) in [5, 5.41) is 0. The molecule has 0 aliphatic carbocycles. The molecular formula is C16H13BrN2O2. The van der Waals surface area contributed by atoms with Gasteiger partial charge >= 0.3 is 0 Å². The summed E-state index contributed by atoms with van der Waals surface area (Å²) in [5.74, 6) is -0.614. The van der Waals surface area contributed by atoms with Crippen molar-refractivity contribution in [2.24, 2.45) is 0 Å². The average Bonchev–Trinajstić information content (AvgIpc) is 2.69. The van der Waals surface area contributed by atoms with Crippen molar-refractivity contribution in [2.45, 2.75) is 13.5 Å². The van der Waals surface area contributed by atoms with E-state index in [1.54, 1.807) is 18.2 Å². The summed E-state index contributed by atoms with van der Waals surface area (Å²) < 4.78 is 0.998. The molecule has 2 amide bonds. The normalized spacial score (nSPS) is 13.7. The maximum atomic E-state index is 12.4. The Balaban J connectivity index is 1.95. The van der Waals surface area contributed by atoms with E-state index in [4.69, 9.17) is 5.73 Å². The topological polar surface area (TPSA) is 63.4 Å². The molecular weight excluding hydrogens is 332 g/mol. The molecule has 2 N–H and O–H groups in total. The van der Waals surface area contributed by atoms with E-state index in [9.17, 15) is 9.59 Å². The van der Waals surface area contributed by atoms with E-state index in [0.717, 1.165) is 15.6 Å². The molecule has 3 rings (SSSR count). The number of carbonyl (C=O) groups excluding carboxylic acids is 2. The minimum absolute atomic E-state index is 0.250. The zero-order valence-electron chi connectivity index (χ0n) is 11.4. The van der Waals surface area contributed by atoms with Gasteiger partial charge in [-0.15, -0.1) is 0 Å².